The van der Waals surface area contributed by atoms with Crippen molar-refractivity contribution >= 4 is 16.3 Å². The van der Waals surface area contributed by atoms with Crippen LogP contribution in [0.25, 0.3) is 0 Å². The maximum Gasteiger partial charge on any atom is 0.355 e. The van der Waals surface area contributed by atoms with Crippen LogP contribution in [0, 0.1) is 0 Å². The van der Waals surface area contributed by atoms with Gasteiger partial charge in [0.1, 0.15) is 0 Å². The third-order valence-electron chi connectivity index (χ3n) is 0.994. The van der Waals surface area contributed by atoms with E-state index in [1.807, 2.05) is 6.66 Å². The van der Waals surface area contributed by atoms with Gasteiger partial charge in [-0.2, -0.15) is 0 Å². The zero-order valence-corrected chi connectivity index (χ0v) is 8.72. The second kappa shape index (κ2) is 5.73. The molecule has 0 fully saturated rings. The van der Waals surface area contributed by atoms with Gasteiger partial charge in [0.2, 0.25) is 0 Å². The molecule has 0 amide bonds. The maximum absolute atomic E-state index is 11.3. The van der Waals surface area contributed by atoms with Crippen molar-refractivity contribution in [2.75, 3.05) is 20.9 Å². The van der Waals surface area contributed by atoms with Gasteiger partial charge in [0.15, 0.2) is 0 Å². The third kappa shape index (κ3) is 4.54. The molecule has 0 rings (SSSR count). The fourth-order valence-electron chi connectivity index (χ4n) is 0.408. The molecule has 1 unspecified atom stereocenters. The van der Waals surface area contributed by atoms with Crippen LogP contribution in [-0.2, 0) is 13.6 Å². The van der Waals surface area contributed by atoms with Crippen LogP contribution in [0.1, 0.15) is 0 Å². The zero-order chi connectivity index (χ0) is 8.74. The smallest absolute Gasteiger partial charge is 0.355 e. The Bertz CT molecular complexity index is 163. The first-order valence-corrected chi connectivity index (χ1v) is 6.11. The number of hydrogen-bond donors (Lipinski definition) is 1. The number of hydrogen-bond acceptors (Lipinski definition) is 4. The van der Waals surface area contributed by atoms with Crippen LogP contribution >= 0.6 is 16.3 Å². The first kappa shape index (κ1) is 11.1. The van der Waals surface area contributed by atoms with Gasteiger partial charge in [-0.3, -0.25) is 4.57 Å². The predicted molar refractivity (Wildman–Crippen MR) is 48.1 cm³/mol. The average molecular weight is 197 g/mol. The Kier molecular flexibility index (Phi) is 5.79. The van der Waals surface area contributed by atoms with Crippen LogP contribution in [-0.4, -0.2) is 20.9 Å². The molecule has 11 heavy (non-hydrogen) atoms. The predicted octanol–water partition coefficient (Wildman–Crippen LogP) is 1.76. The SMILES string of the molecule is COP(=O)(/C=C/NPC)OC. The van der Waals surface area contributed by atoms with Crippen molar-refractivity contribution in [1.82, 2.24) is 5.09 Å². The molecular weight excluding hydrogens is 184 g/mol. The molecule has 1 atom stereocenters. The molecule has 0 heterocycles. The van der Waals surface area contributed by atoms with Gasteiger partial charge in [-0.15, -0.1) is 0 Å². The van der Waals surface area contributed by atoms with Crippen molar-refractivity contribution in [2.45, 2.75) is 0 Å². The van der Waals surface area contributed by atoms with Gasteiger partial charge in [-0.25, -0.2) is 0 Å². The van der Waals surface area contributed by atoms with E-state index in [9.17, 15) is 4.57 Å². The topological polar surface area (TPSA) is 47.6 Å². The summed E-state index contributed by atoms with van der Waals surface area (Å²) in [5.74, 6) is 1.39. The molecule has 0 saturated heterocycles. The molecular formula is C5H13NO3P2. The Morgan fingerprint density at radius 1 is 1.45 bits per heavy atom. The van der Waals surface area contributed by atoms with Gasteiger partial charge in [-0.05, 0) is 15.4 Å². The van der Waals surface area contributed by atoms with E-state index in [0.29, 0.717) is 8.73 Å². The Morgan fingerprint density at radius 2 is 2.00 bits per heavy atom. The second-order valence-corrected chi connectivity index (χ2v) is 4.51. The lowest BCUT2D eigenvalue weighted by Gasteiger charge is -2.07. The molecule has 0 radical (unpaired) electrons. The van der Waals surface area contributed by atoms with E-state index in [1.54, 1.807) is 6.20 Å². The standard InChI is InChI=1S/C5H13NO3P2/c1-8-11(7,9-2)5-4-6-10-3/h4-6,10H,1-3H3/b5-4+. The van der Waals surface area contributed by atoms with Gasteiger partial charge >= 0.3 is 7.60 Å². The first-order valence-electron chi connectivity index (χ1n) is 2.99. The third-order valence-corrected chi connectivity index (χ3v) is 2.98. The van der Waals surface area contributed by atoms with Crippen molar-refractivity contribution in [3.63, 3.8) is 0 Å². The summed E-state index contributed by atoms with van der Waals surface area (Å²) in [4.78, 5) is 0. The van der Waals surface area contributed by atoms with Gasteiger partial charge in [0.05, 0.1) is 0 Å². The minimum atomic E-state index is -2.95. The molecule has 0 aromatic carbocycles. The van der Waals surface area contributed by atoms with Crippen LogP contribution in [0.15, 0.2) is 12.0 Å². The Hall–Kier alpha value is 0.120. The fourth-order valence-corrected chi connectivity index (χ4v) is 1.45. The summed E-state index contributed by atoms with van der Waals surface area (Å²) in [6.07, 6.45) is 1.58. The lowest BCUT2D eigenvalue weighted by molar-refractivity contribution is 0.286. The van der Waals surface area contributed by atoms with E-state index < -0.39 is 7.60 Å². The van der Waals surface area contributed by atoms with Crippen molar-refractivity contribution in [3.05, 3.63) is 12.0 Å². The Morgan fingerprint density at radius 3 is 2.36 bits per heavy atom. The Balaban J connectivity index is 3.97. The molecule has 0 aliphatic rings. The first-order chi connectivity index (χ1) is 5.18. The normalized spacial score (nSPS) is 13.4. The highest BCUT2D eigenvalue weighted by Crippen LogP contribution is 2.47. The van der Waals surface area contributed by atoms with Crippen LogP contribution in [0.3, 0.4) is 0 Å². The molecule has 0 spiro atoms. The van der Waals surface area contributed by atoms with Crippen LogP contribution in [0.5, 0.6) is 0 Å². The van der Waals surface area contributed by atoms with E-state index in [0.717, 1.165) is 0 Å². The van der Waals surface area contributed by atoms with Crippen molar-refractivity contribution < 1.29 is 13.6 Å². The minimum Gasteiger partial charge on any atom is -0.373 e. The highest BCUT2D eigenvalue weighted by atomic mass is 31.2. The van der Waals surface area contributed by atoms with E-state index in [1.165, 1.54) is 20.0 Å². The van der Waals surface area contributed by atoms with Gasteiger partial charge in [0, 0.05) is 26.2 Å². The maximum atomic E-state index is 11.3. The molecule has 4 nitrogen and oxygen atoms in total. The summed E-state index contributed by atoms with van der Waals surface area (Å²) in [5, 5.41) is 2.89. The molecule has 0 aliphatic carbocycles. The molecule has 0 aromatic heterocycles. The molecule has 0 aromatic rings. The minimum absolute atomic E-state index is 0.577. The zero-order valence-electron chi connectivity index (χ0n) is 6.83. The summed E-state index contributed by atoms with van der Waals surface area (Å²) in [5.41, 5.74) is 0. The van der Waals surface area contributed by atoms with E-state index in [-0.39, 0.29) is 0 Å². The molecule has 0 bridgehead atoms. The van der Waals surface area contributed by atoms with Crippen LogP contribution < -0.4 is 5.09 Å². The summed E-state index contributed by atoms with van der Waals surface area (Å²) < 4.78 is 20.5. The molecule has 0 aliphatic heterocycles. The largest absolute Gasteiger partial charge is 0.373 e. The molecule has 0 saturated carbocycles. The van der Waals surface area contributed by atoms with Crippen molar-refractivity contribution in [1.29, 1.82) is 0 Å². The second-order valence-electron chi connectivity index (χ2n) is 1.62. The van der Waals surface area contributed by atoms with E-state index in [4.69, 9.17) is 0 Å². The van der Waals surface area contributed by atoms with Gasteiger partial charge < -0.3 is 14.1 Å². The highest BCUT2D eigenvalue weighted by Gasteiger charge is 2.14. The van der Waals surface area contributed by atoms with E-state index >= 15 is 0 Å². The highest BCUT2D eigenvalue weighted by molar-refractivity contribution is 7.57. The lowest BCUT2D eigenvalue weighted by Crippen LogP contribution is -1.88. The Labute approximate surface area is 68.7 Å². The number of nitrogens with one attached hydrogen (secondary N) is 1. The van der Waals surface area contributed by atoms with Crippen molar-refractivity contribution in [2.24, 2.45) is 0 Å². The van der Waals surface area contributed by atoms with Crippen LogP contribution in [0.4, 0.5) is 0 Å². The van der Waals surface area contributed by atoms with Gasteiger partial charge in [0.25, 0.3) is 0 Å². The molecule has 6 heteroatoms. The summed E-state index contributed by atoms with van der Waals surface area (Å²) in [6, 6.07) is 0. The summed E-state index contributed by atoms with van der Waals surface area (Å²) in [7, 11) is 0.328. The lowest BCUT2D eigenvalue weighted by atomic mass is 11.1. The summed E-state index contributed by atoms with van der Waals surface area (Å²) >= 11 is 0. The van der Waals surface area contributed by atoms with Crippen molar-refractivity contribution in [3.8, 4) is 0 Å². The monoisotopic (exact) mass is 197 g/mol. The fraction of sp³-hybridized carbons (Fsp3) is 0.600. The van der Waals surface area contributed by atoms with Crippen LogP contribution in [0.2, 0.25) is 0 Å². The molecule has 1 N–H and O–H groups in total. The van der Waals surface area contributed by atoms with Gasteiger partial charge in [-0.1, -0.05) is 0 Å². The average Bonchev–Trinajstić information content (AvgIpc) is 2.05. The quantitative estimate of drug-likeness (QED) is 0.682. The molecule has 66 valence electrons. The number of rotatable bonds is 5. The van der Waals surface area contributed by atoms with E-state index in [2.05, 4.69) is 14.1 Å². The summed E-state index contributed by atoms with van der Waals surface area (Å²) in [6.45, 7) is 1.97.